The summed E-state index contributed by atoms with van der Waals surface area (Å²) in [5.41, 5.74) is 5.59. The van der Waals surface area contributed by atoms with Gasteiger partial charge in [0.2, 0.25) is 0 Å². The van der Waals surface area contributed by atoms with Gasteiger partial charge in [-0.05, 0) is 37.3 Å². The van der Waals surface area contributed by atoms with Gasteiger partial charge in [-0.15, -0.1) is 0 Å². The van der Waals surface area contributed by atoms with Gasteiger partial charge in [0.05, 0.1) is 16.8 Å². The van der Waals surface area contributed by atoms with Gasteiger partial charge in [0.15, 0.2) is 5.82 Å². The zero-order chi connectivity index (χ0) is 19.9. The SMILES string of the molecule is CN(C(=C1CC1)c1ncc(C#CC2=C=C=CC(F)=C2)cn1)C1(C(F)(F)F)CC1. The van der Waals surface area contributed by atoms with Gasteiger partial charge < -0.3 is 4.90 Å². The number of aromatic nitrogens is 2. The maximum atomic E-state index is 13.5. The Bertz CT molecular complexity index is 1040. The van der Waals surface area contributed by atoms with Gasteiger partial charge >= 0.3 is 6.18 Å². The predicted molar refractivity (Wildman–Crippen MR) is 95.1 cm³/mol. The standard InChI is InChI=1S/C21H15F4N3/c1-28(20(9-10-20)21(23,24)25)18(16-7-8-16)19-26-12-15(13-27-19)6-5-14-3-2-4-17(22)11-14/h4,11-13H,7-10H2,1H3. The molecular formula is C21H15F4N3. The summed E-state index contributed by atoms with van der Waals surface area (Å²) in [6.07, 6.45) is 2.67. The van der Waals surface area contributed by atoms with Crippen molar-refractivity contribution in [3.8, 4) is 11.8 Å². The van der Waals surface area contributed by atoms with Crippen LogP contribution in [0.3, 0.4) is 0 Å². The average Bonchev–Trinajstić information content (AvgIpc) is 3.54. The quantitative estimate of drug-likeness (QED) is 0.437. The molecule has 1 heterocycles. The summed E-state index contributed by atoms with van der Waals surface area (Å²) in [5, 5.41) is 0. The van der Waals surface area contributed by atoms with E-state index in [1.165, 1.54) is 30.4 Å². The zero-order valence-electron chi connectivity index (χ0n) is 15.0. The normalized spacial score (nSPS) is 18.7. The first-order chi connectivity index (χ1) is 13.3. The first kappa shape index (κ1) is 18.3. The summed E-state index contributed by atoms with van der Waals surface area (Å²) < 4.78 is 53.7. The van der Waals surface area contributed by atoms with Gasteiger partial charge in [0.1, 0.15) is 11.4 Å². The summed E-state index contributed by atoms with van der Waals surface area (Å²) in [6, 6.07) is 0. The minimum atomic E-state index is -4.30. The molecule has 0 spiro atoms. The summed E-state index contributed by atoms with van der Waals surface area (Å²) in [5.74, 6) is 5.33. The van der Waals surface area contributed by atoms with Crippen molar-refractivity contribution in [1.82, 2.24) is 14.9 Å². The molecular weight excluding hydrogens is 370 g/mol. The van der Waals surface area contributed by atoms with Gasteiger partial charge in [0, 0.05) is 25.5 Å². The van der Waals surface area contributed by atoms with E-state index in [9.17, 15) is 17.6 Å². The van der Waals surface area contributed by atoms with E-state index in [4.69, 9.17) is 0 Å². The zero-order valence-corrected chi connectivity index (χ0v) is 15.0. The van der Waals surface area contributed by atoms with Crippen molar-refractivity contribution in [3.05, 3.63) is 64.4 Å². The van der Waals surface area contributed by atoms with E-state index in [2.05, 4.69) is 33.3 Å². The highest BCUT2D eigenvalue weighted by Crippen LogP contribution is 2.56. The smallest absolute Gasteiger partial charge is 0.357 e. The highest BCUT2D eigenvalue weighted by Gasteiger charge is 2.66. The second kappa shape index (κ2) is 6.53. The van der Waals surface area contributed by atoms with Crippen LogP contribution in [0.4, 0.5) is 17.6 Å². The van der Waals surface area contributed by atoms with Crippen molar-refractivity contribution in [1.29, 1.82) is 0 Å². The van der Waals surface area contributed by atoms with Crippen LogP contribution in [0.15, 0.2) is 53.0 Å². The van der Waals surface area contributed by atoms with Crippen LogP contribution in [0.25, 0.3) is 5.70 Å². The molecule has 7 heteroatoms. The topological polar surface area (TPSA) is 29.0 Å². The Kier molecular flexibility index (Phi) is 4.27. The van der Waals surface area contributed by atoms with Crippen molar-refractivity contribution in [2.24, 2.45) is 0 Å². The predicted octanol–water partition coefficient (Wildman–Crippen LogP) is 4.46. The van der Waals surface area contributed by atoms with Gasteiger partial charge in [0.25, 0.3) is 0 Å². The Hall–Kier alpha value is -3.06. The van der Waals surface area contributed by atoms with E-state index in [1.807, 2.05) is 0 Å². The first-order valence-electron chi connectivity index (χ1n) is 8.76. The van der Waals surface area contributed by atoms with Crippen LogP contribution >= 0.6 is 0 Å². The van der Waals surface area contributed by atoms with Crippen LogP contribution in [0, 0.1) is 11.8 Å². The lowest BCUT2D eigenvalue weighted by molar-refractivity contribution is -0.184. The van der Waals surface area contributed by atoms with Crippen molar-refractivity contribution < 1.29 is 17.6 Å². The van der Waals surface area contributed by atoms with Crippen LogP contribution in [-0.4, -0.2) is 33.6 Å². The fourth-order valence-electron chi connectivity index (χ4n) is 3.11. The molecule has 0 saturated heterocycles. The molecule has 0 amide bonds. The van der Waals surface area contributed by atoms with Crippen molar-refractivity contribution in [2.75, 3.05) is 7.05 Å². The lowest BCUT2D eigenvalue weighted by Gasteiger charge is -2.33. The number of nitrogens with zero attached hydrogens (tertiary/aromatic N) is 3. The third-order valence-electron chi connectivity index (χ3n) is 4.97. The maximum Gasteiger partial charge on any atom is 0.411 e. The van der Waals surface area contributed by atoms with Gasteiger partial charge in [-0.2, -0.15) is 13.2 Å². The molecule has 0 aliphatic heterocycles. The summed E-state index contributed by atoms with van der Waals surface area (Å²) in [6.45, 7) is 0. The molecule has 0 radical (unpaired) electrons. The third-order valence-corrected chi connectivity index (χ3v) is 4.97. The lowest BCUT2D eigenvalue weighted by atomic mass is 10.1. The highest BCUT2D eigenvalue weighted by atomic mass is 19.4. The van der Waals surface area contributed by atoms with E-state index >= 15 is 0 Å². The molecule has 2 saturated carbocycles. The molecule has 0 N–H and O–H groups in total. The molecule has 142 valence electrons. The molecule has 1 aromatic rings. The van der Waals surface area contributed by atoms with Crippen molar-refractivity contribution >= 4 is 5.70 Å². The minimum absolute atomic E-state index is 0.0779. The summed E-state index contributed by atoms with van der Waals surface area (Å²) >= 11 is 0. The molecule has 3 nitrogen and oxygen atoms in total. The first-order valence-corrected chi connectivity index (χ1v) is 8.76. The van der Waals surface area contributed by atoms with Gasteiger partial charge in [-0.1, -0.05) is 23.3 Å². The van der Waals surface area contributed by atoms with E-state index in [0.29, 0.717) is 16.8 Å². The van der Waals surface area contributed by atoms with Crippen LogP contribution in [0.2, 0.25) is 0 Å². The molecule has 28 heavy (non-hydrogen) atoms. The molecule has 1 aromatic heterocycles. The number of allylic oxidation sites excluding steroid dienone is 5. The van der Waals surface area contributed by atoms with E-state index < -0.39 is 17.5 Å². The summed E-state index contributed by atoms with van der Waals surface area (Å²) in [4.78, 5) is 9.78. The van der Waals surface area contributed by atoms with Gasteiger partial charge in [-0.25, -0.2) is 14.4 Å². The second-order valence-electron chi connectivity index (χ2n) is 6.94. The molecule has 3 aliphatic rings. The third kappa shape index (κ3) is 3.41. The Balaban J connectivity index is 1.59. The number of rotatable bonds is 3. The van der Waals surface area contributed by atoms with E-state index in [-0.39, 0.29) is 18.7 Å². The fourth-order valence-corrected chi connectivity index (χ4v) is 3.11. The number of alkyl halides is 3. The second-order valence-corrected chi connectivity index (χ2v) is 6.94. The minimum Gasteiger partial charge on any atom is -0.357 e. The van der Waals surface area contributed by atoms with Crippen LogP contribution in [0.1, 0.15) is 37.1 Å². The Labute approximate surface area is 159 Å². The van der Waals surface area contributed by atoms with Crippen molar-refractivity contribution in [3.63, 3.8) is 0 Å². The average molecular weight is 385 g/mol. The lowest BCUT2D eigenvalue weighted by Crippen LogP contribution is -2.45. The van der Waals surface area contributed by atoms with Crippen LogP contribution in [-0.2, 0) is 0 Å². The number of hydrogen-bond acceptors (Lipinski definition) is 3. The molecule has 0 unspecified atom stereocenters. The molecule has 3 aliphatic carbocycles. The molecule has 0 aromatic carbocycles. The fraction of sp³-hybridized carbons (Fsp3) is 0.333. The van der Waals surface area contributed by atoms with E-state index in [0.717, 1.165) is 24.5 Å². The summed E-state index contributed by atoms with van der Waals surface area (Å²) in [7, 11) is 1.47. The largest absolute Gasteiger partial charge is 0.411 e. The molecule has 2 fully saturated rings. The maximum absolute atomic E-state index is 13.5. The van der Waals surface area contributed by atoms with Gasteiger partial charge in [-0.3, -0.25) is 0 Å². The Morgan fingerprint density at radius 3 is 2.39 bits per heavy atom. The Morgan fingerprint density at radius 1 is 1.18 bits per heavy atom. The number of hydrogen-bond donors (Lipinski definition) is 0. The molecule has 4 rings (SSSR count). The molecule has 0 atom stereocenters. The monoisotopic (exact) mass is 385 g/mol. The molecule has 0 bridgehead atoms. The van der Waals surface area contributed by atoms with Crippen LogP contribution in [0.5, 0.6) is 0 Å². The Morgan fingerprint density at radius 2 is 1.86 bits per heavy atom. The van der Waals surface area contributed by atoms with E-state index in [1.54, 1.807) is 0 Å². The number of halogens is 4. The van der Waals surface area contributed by atoms with Crippen LogP contribution < -0.4 is 0 Å². The van der Waals surface area contributed by atoms with Crippen molar-refractivity contribution in [2.45, 2.75) is 37.4 Å². The highest BCUT2D eigenvalue weighted by molar-refractivity contribution is 5.66.